The second kappa shape index (κ2) is 7.90. The molecule has 0 aliphatic rings. The summed E-state index contributed by atoms with van der Waals surface area (Å²) >= 11 is 2.86. The number of carbonyl (C=O) groups excluding carboxylic acids is 1. The molecule has 0 radical (unpaired) electrons. The van der Waals surface area contributed by atoms with Gasteiger partial charge in [-0.05, 0) is 23.5 Å². The van der Waals surface area contributed by atoms with E-state index in [2.05, 4.69) is 15.5 Å². The molecule has 1 heterocycles. The molecule has 4 nitrogen and oxygen atoms in total. The third-order valence-electron chi connectivity index (χ3n) is 3.24. The van der Waals surface area contributed by atoms with E-state index in [4.69, 9.17) is 0 Å². The number of aromatic nitrogens is 2. The summed E-state index contributed by atoms with van der Waals surface area (Å²) in [7, 11) is 0. The van der Waals surface area contributed by atoms with Crippen molar-refractivity contribution in [2.75, 3.05) is 11.6 Å². The molecule has 120 valence electrons. The van der Waals surface area contributed by atoms with E-state index in [0.29, 0.717) is 10.7 Å². The van der Waals surface area contributed by atoms with Crippen LogP contribution in [0.15, 0.2) is 65.0 Å². The highest BCUT2D eigenvalue weighted by atomic mass is 32.2. The van der Waals surface area contributed by atoms with E-state index >= 15 is 0 Å². The molecule has 0 spiro atoms. The Morgan fingerprint density at radius 3 is 2.33 bits per heavy atom. The lowest BCUT2D eigenvalue weighted by molar-refractivity contribution is -0.111. The van der Waals surface area contributed by atoms with Crippen LogP contribution < -0.4 is 5.32 Å². The Labute approximate surface area is 148 Å². The minimum Gasteiger partial charge on any atom is -0.296 e. The van der Waals surface area contributed by atoms with Gasteiger partial charge in [-0.2, -0.15) is 0 Å². The van der Waals surface area contributed by atoms with Crippen molar-refractivity contribution >= 4 is 45.8 Å². The Hall–Kier alpha value is -2.44. The Morgan fingerprint density at radius 2 is 1.71 bits per heavy atom. The van der Waals surface area contributed by atoms with Gasteiger partial charge in [0.05, 0.1) is 0 Å². The number of rotatable bonds is 5. The van der Waals surface area contributed by atoms with Gasteiger partial charge in [-0.3, -0.25) is 10.1 Å². The van der Waals surface area contributed by atoms with E-state index in [9.17, 15) is 4.79 Å². The summed E-state index contributed by atoms with van der Waals surface area (Å²) in [5.41, 5.74) is 2.41. The Kier molecular flexibility index (Phi) is 5.40. The van der Waals surface area contributed by atoms with Gasteiger partial charge in [0.1, 0.15) is 0 Å². The smallest absolute Gasteiger partial charge is 0.258 e. The minimum absolute atomic E-state index is 0.200. The molecule has 0 saturated carbocycles. The van der Waals surface area contributed by atoms with Crippen molar-refractivity contribution in [1.29, 1.82) is 0 Å². The summed E-state index contributed by atoms with van der Waals surface area (Å²) in [5.74, 6) is -0.200. The predicted octanol–water partition coefficient (Wildman–Crippen LogP) is 4.44. The van der Waals surface area contributed by atoms with Crippen LogP contribution in [0.1, 0.15) is 11.1 Å². The van der Waals surface area contributed by atoms with Gasteiger partial charge in [-0.15, -0.1) is 10.2 Å². The van der Waals surface area contributed by atoms with Crippen LogP contribution in [0.25, 0.3) is 11.6 Å². The first kappa shape index (κ1) is 16.4. The largest absolute Gasteiger partial charge is 0.296 e. The maximum atomic E-state index is 12.8. The van der Waals surface area contributed by atoms with Crippen molar-refractivity contribution < 1.29 is 4.79 Å². The van der Waals surface area contributed by atoms with Gasteiger partial charge in [0, 0.05) is 5.57 Å². The number of thioether (sulfide) groups is 1. The minimum atomic E-state index is -0.200. The van der Waals surface area contributed by atoms with Crippen molar-refractivity contribution in [2.45, 2.75) is 4.34 Å². The average molecular weight is 353 g/mol. The maximum Gasteiger partial charge on any atom is 0.258 e. The van der Waals surface area contributed by atoms with Gasteiger partial charge in [0.2, 0.25) is 5.13 Å². The van der Waals surface area contributed by atoms with Crippen molar-refractivity contribution in [1.82, 2.24) is 10.2 Å². The van der Waals surface area contributed by atoms with E-state index in [-0.39, 0.29) is 5.91 Å². The third kappa shape index (κ3) is 4.10. The van der Waals surface area contributed by atoms with Gasteiger partial charge in [0.25, 0.3) is 5.91 Å². The van der Waals surface area contributed by atoms with Crippen LogP contribution in [0.3, 0.4) is 0 Å². The monoisotopic (exact) mass is 353 g/mol. The van der Waals surface area contributed by atoms with Gasteiger partial charge in [0.15, 0.2) is 4.34 Å². The predicted molar refractivity (Wildman–Crippen MR) is 101 cm³/mol. The van der Waals surface area contributed by atoms with Crippen LogP contribution in [-0.2, 0) is 4.79 Å². The maximum absolute atomic E-state index is 12.8. The number of hydrogen-bond donors (Lipinski definition) is 1. The highest BCUT2D eigenvalue weighted by Crippen LogP contribution is 2.25. The topological polar surface area (TPSA) is 54.9 Å². The molecule has 0 aliphatic heterocycles. The Morgan fingerprint density at radius 1 is 1.04 bits per heavy atom. The van der Waals surface area contributed by atoms with Crippen LogP contribution in [-0.4, -0.2) is 22.4 Å². The quantitative estimate of drug-likeness (QED) is 0.319. The molecule has 0 bridgehead atoms. The van der Waals surface area contributed by atoms with Crippen molar-refractivity contribution in [3.8, 4) is 0 Å². The van der Waals surface area contributed by atoms with Gasteiger partial charge >= 0.3 is 0 Å². The number of nitrogens with one attached hydrogen (secondary N) is 1. The summed E-state index contributed by atoms with van der Waals surface area (Å²) in [5, 5.41) is 11.3. The van der Waals surface area contributed by atoms with Crippen LogP contribution >= 0.6 is 23.1 Å². The van der Waals surface area contributed by atoms with Crippen molar-refractivity contribution in [3.05, 3.63) is 71.8 Å². The number of anilines is 1. The fourth-order valence-electron chi connectivity index (χ4n) is 2.12. The van der Waals surface area contributed by atoms with Gasteiger partial charge < -0.3 is 0 Å². The molecule has 0 fully saturated rings. The van der Waals surface area contributed by atoms with Crippen LogP contribution in [0, 0.1) is 0 Å². The molecule has 0 aliphatic carbocycles. The molecule has 0 saturated heterocycles. The first-order valence-corrected chi connectivity index (χ1v) is 9.31. The molecule has 1 amide bonds. The second-order valence-electron chi connectivity index (χ2n) is 4.87. The molecule has 6 heteroatoms. The number of nitrogens with zero attached hydrogens (tertiary/aromatic N) is 2. The fraction of sp³-hybridized carbons (Fsp3) is 0.0556. The molecule has 3 rings (SSSR count). The zero-order valence-electron chi connectivity index (χ0n) is 13.0. The molecule has 2 aromatic carbocycles. The fourth-order valence-corrected chi connectivity index (χ4v) is 3.29. The summed E-state index contributed by atoms with van der Waals surface area (Å²) in [6, 6.07) is 19.4. The summed E-state index contributed by atoms with van der Waals surface area (Å²) in [6.07, 6.45) is 3.80. The number of carbonyl (C=O) groups is 1. The molecule has 24 heavy (non-hydrogen) atoms. The summed E-state index contributed by atoms with van der Waals surface area (Å²) < 4.78 is 0.818. The molecule has 1 aromatic heterocycles. The highest BCUT2D eigenvalue weighted by molar-refractivity contribution is 8.00. The lowest BCUT2D eigenvalue weighted by Gasteiger charge is -2.07. The lowest BCUT2D eigenvalue weighted by Crippen LogP contribution is -2.13. The normalized spacial score (nSPS) is 11.3. The molecular weight excluding hydrogens is 338 g/mol. The molecular formula is C18H15N3OS2. The van der Waals surface area contributed by atoms with E-state index in [1.807, 2.05) is 73.0 Å². The SMILES string of the molecule is CSc1nnc(NC(=O)/C(=C/c2ccccc2)c2ccccc2)s1. The average Bonchev–Trinajstić information content (AvgIpc) is 3.09. The second-order valence-corrected chi connectivity index (χ2v) is 6.90. The van der Waals surface area contributed by atoms with E-state index < -0.39 is 0 Å². The highest BCUT2D eigenvalue weighted by Gasteiger charge is 2.14. The molecule has 0 unspecified atom stereocenters. The van der Waals surface area contributed by atoms with Crippen LogP contribution in [0.4, 0.5) is 5.13 Å². The standard InChI is InChI=1S/C18H15N3OS2/c1-23-18-21-20-17(24-18)19-16(22)15(14-10-6-3-7-11-14)12-13-8-4-2-5-9-13/h2-12H,1H3,(H,19,20,22)/b15-12+. The Balaban J connectivity index is 1.92. The zero-order chi connectivity index (χ0) is 16.8. The third-order valence-corrected chi connectivity index (χ3v) is 5.06. The summed E-state index contributed by atoms with van der Waals surface area (Å²) in [4.78, 5) is 12.8. The van der Waals surface area contributed by atoms with E-state index in [0.717, 1.165) is 15.5 Å². The molecule has 3 aromatic rings. The van der Waals surface area contributed by atoms with Crippen LogP contribution in [0.2, 0.25) is 0 Å². The van der Waals surface area contributed by atoms with E-state index in [1.165, 1.54) is 23.1 Å². The first-order valence-electron chi connectivity index (χ1n) is 7.27. The van der Waals surface area contributed by atoms with Gasteiger partial charge in [-0.25, -0.2) is 0 Å². The number of benzene rings is 2. The lowest BCUT2D eigenvalue weighted by atomic mass is 10.0. The van der Waals surface area contributed by atoms with Gasteiger partial charge in [-0.1, -0.05) is 83.8 Å². The zero-order valence-corrected chi connectivity index (χ0v) is 14.6. The number of amides is 1. The number of hydrogen-bond acceptors (Lipinski definition) is 5. The Bertz CT molecular complexity index is 845. The van der Waals surface area contributed by atoms with Crippen LogP contribution in [0.5, 0.6) is 0 Å². The molecule has 0 atom stereocenters. The molecule has 1 N–H and O–H groups in total. The summed E-state index contributed by atoms with van der Waals surface area (Å²) in [6.45, 7) is 0. The van der Waals surface area contributed by atoms with Crippen molar-refractivity contribution in [2.24, 2.45) is 0 Å². The first-order chi connectivity index (χ1) is 11.8. The van der Waals surface area contributed by atoms with E-state index in [1.54, 1.807) is 0 Å². The van der Waals surface area contributed by atoms with Crippen molar-refractivity contribution in [3.63, 3.8) is 0 Å².